The van der Waals surface area contributed by atoms with E-state index in [0.717, 1.165) is 11.1 Å². The largest absolute Gasteiger partial charge is 0.493 e. The molecule has 0 heterocycles. The standard InChI is InChI=1S/C31H29N3O5/c1-22-9-8-13-26(17-22)33-30(35)21-39-27-14-7-6-12-25(27)19-32-34-31(36)24-15-16-28(29(18-24)37-2)38-20-23-10-4-3-5-11-23/h3-19H,20-21H2,1-2H3,(H,33,35)(H,34,36)/b32-19+. The van der Waals surface area contributed by atoms with Gasteiger partial charge in [0.15, 0.2) is 18.1 Å². The molecule has 39 heavy (non-hydrogen) atoms. The monoisotopic (exact) mass is 523 g/mol. The number of anilines is 1. The predicted octanol–water partition coefficient (Wildman–Crippen LogP) is 5.36. The van der Waals surface area contributed by atoms with Gasteiger partial charge in [-0.1, -0.05) is 54.6 Å². The third kappa shape index (κ3) is 7.93. The molecule has 2 amide bonds. The second kappa shape index (κ2) is 13.4. The fourth-order valence-electron chi connectivity index (χ4n) is 3.67. The second-order valence-electron chi connectivity index (χ2n) is 8.58. The highest BCUT2D eigenvalue weighted by molar-refractivity contribution is 5.96. The Morgan fingerprint density at radius 1 is 0.821 bits per heavy atom. The summed E-state index contributed by atoms with van der Waals surface area (Å²) in [6.45, 7) is 2.15. The van der Waals surface area contributed by atoms with Crippen molar-refractivity contribution in [3.05, 3.63) is 119 Å². The number of benzene rings is 4. The minimum Gasteiger partial charge on any atom is -0.493 e. The maximum atomic E-state index is 12.7. The summed E-state index contributed by atoms with van der Waals surface area (Å²) < 4.78 is 17.0. The number of para-hydroxylation sites is 1. The van der Waals surface area contributed by atoms with Crippen LogP contribution in [-0.4, -0.2) is 31.7 Å². The van der Waals surface area contributed by atoms with Crippen molar-refractivity contribution in [3.8, 4) is 17.2 Å². The van der Waals surface area contributed by atoms with Crippen LogP contribution in [-0.2, 0) is 11.4 Å². The van der Waals surface area contributed by atoms with Gasteiger partial charge in [-0.3, -0.25) is 9.59 Å². The van der Waals surface area contributed by atoms with Crippen LogP contribution in [0.1, 0.15) is 27.0 Å². The predicted molar refractivity (Wildman–Crippen MR) is 151 cm³/mol. The first-order valence-electron chi connectivity index (χ1n) is 12.3. The number of rotatable bonds is 11. The zero-order valence-corrected chi connectivity index (χ0v) is 21.7. The molecule has 0 aliphatic rings. The van der Waals surface area contributed by atoms with E-state index in [2.05, 4.69) is 15.8 Å². The molecule has 8 heteroatoms. The lowest BCUT2D eigenvalue weighted by Crippen LogP contribution is -2.20. The van der Waals surface area contributed by atoms with E-state index in [4.69, 9.17) is 14.2 Å². The number of hydrazone groups is 1. The first kappa shape index (κ1) is 26.9. The maximum Gasteiger partial charge on any atom is 0.271 e. The van der Waals surface area contributed by atoms with Crippen molar-refractivity contribution in [2.45, 2.75) is 13.5 Å². The minimum absolute atomic E-state index is 0.177. The Kier molecular flexibility index (Phi) is 9.28. The quantitative estimate of drug-likeness (QED) is 0.204. The van der Waals surface area contributed by atoms with Gasteiger partial charge < -0.3 is 19.5 Å². The summed E-state index contributed by atoms with van der Waals surface area (Å²) in [5.74, 6) is 0.710. The first-order valence-corrected chi connectivity index (χ1v) is 12.3. The van der Waals surface area contributed by atoms with E-state index in [-0.39, 0.29) is 12.5 Å². The Bertz CT molecular complexity index is 1450. The molecule has 0 fully saturated rings. The number of aryl methyl sites for hydroxylation is 1. The van der Waals surface area contributed by atoms with Gasteiger partial charge in [0.1, 0.15) is 12.4 Å². The van der Waals surface area contributed by atoms with Crippen LogP contribution < -0.4 is 25.0 Å². The number of carbonyl (C=O) groups is 2. The van der Waals surface area contributed by atoms with Gasteiger partial charge in [-0.2, -0.15) is 5.10 Å². The summed E-state index contributed by atoms with van der Waals surface area (Å²) in [6.07, 6.45) is 1.46. The number of hydrogen-bond acceptors (Lipinski definition) is 6. The van der Waals surface area contributed by atoms with Crippen molar-refractivity contribution in [2.75, 3.05) is 19.0 Å². The first-order chi connectivity index (χ1) is 19.0. The summed E-state index contributed by atoms with van der Waals surface area (Å²) in [5.41, 5.74) is 6.23. The summed E-state index contributed by atoms with van der Waals surface area (Å²) in [6, 6.07) is 29.3. The molecular formula is C31H29N3O5. The zero-order chi connectivity index (χ0) is 27.5. The van der Waals surface area contributed by atoms with Crippen LogP contribution in [0.15, 0.2) is 102 Å². The number of amides is 2. The lowest BCUT2D eigenvalue weighted by molar-refractivity contribution is -0.118. The van der Waals surface area contributed by atoms with Crippen molar-refractivity contribution >= 4 is 23.7 Å². The molecular weight excluding hydrogens is 494 g/mol. The van der Waals surface area contributed by atoms with E-state index in [9.17, 15) is 9.59 Å². The number of methoxy groups -OCH3 is 1. The van der Waals surface area contributed by atoms with Crippen molar-refractivity contribution < 1.29 is 23.8 Å². The number of ether oxygens (including phenoxy) is 3. The number of nitrogens with one attached hydrogen (secondary N) is 2. The molecule has 0 spiro atoms. The van der Waals surface area contributed by atoms with Gasteiger partial charge in [-0.25, -0.2) is 5.43 Å². The third-order valence-electron chi connectivity index (χ3n) is 5.61. The van der Waals surface area contributed by atoms with Crippen LogP contribution in [0.5, 0.6) is 17.2 Å². The topological polar surface area (TPSA) is 98.3 Å². The van der Waals surface area contributed by atoms with Gasteiger partial charge >= 0.3 is 0 Å². The fourth-order valence-corrected chi connectivity index (χ4v) is 3.67. The minimum atomic E-state index is -0.421. The smallest absolute Gasteiger partial charge is 0.271 e. The van der Waals surface area contributed by atoms with Gasteiger partial charge in [0.25, 0.3) is 11.8 Å². The maximum absolute atomic E-state index is 12.7. The van der Waals surface area contributed by atoms with Gasteiger partial charge in [-0.05, 0) is 60.5 Å². The average molecular weight is 524 g/mol. The normalized spacial score (nSPS) is 10.6. The van der Waals surface area contributed by atoms with Crippen LogP contribution in [0.2, 0.25) is 0 Å². The van der Waals surface area contributed by atoms with Crippen molar-refractivity contribution in [1.29, 1.82) is 0 Å². The summed E-state index contributed by atoms with van der Waals surface area (Å²) in [7, 11) is 1.52. The molecule has 0 unspecified atom stereocenters. The number of hydrogen-bond donors (Lipinski definition) is 2. The van der Waals surface area contributed by atoms with E-state index in [1.54, 1.807) is 36.4 Å². The highest BCUT2D eigenvalue weighted by atomic mass is 16.5. The molecule has 0 aromatic heterocycles. The zero-order valence-electron chi connectivity index (χ0n) is 21.7. The third-order valence-corrected chi connectivity index (χ3v) is 5.61. The average Bonchev–Trinajstić information content (AvgIpc) is 2.96. The number of carbonyl (C=O) groups excluding carboxylic acids is 2. The van der Waals surface area contributed by atoms with Crippen LogP contribution >= 0.6 is 0 Å². The van der Waals surface area contributed by atoms with E-state index >= 15 is 0 Å². The molecule has 0 saturated heterocycles. The van der Waals surface area contributed by atoms with Gasteiger partial charge in [0.2, 0.25) is 0 Å². The van der Waals surface area contributed by atoms with E-state index in [0.29, 0.717) is 40.7 Å². The summed E-state index contributed by atoms with van der Waals surface area (Å²) in [5, 5.41) is 6.86. The SMILES string of the molecule is COc1cc(C(=O)N/N=C/c2ccccc2OCC(=O)Nc2cccc(C)c2)ccc1OCc1ccccc1. The van der Waals surface area contributed by atoms with Crippen LogP contribution in [0.3, 0.4) is 0 Å². The Hall–Kier alpha value is -5.11. The Labute approximate surface area is 227 Å². The van der Waals surface area contributed by atoms with Crippen LogP contribution in [0.4, 0.5) is 5.69 Å². The molecule has 4 aromatic carbocycles. The summed E-state index contributed by atoms with van der Waals surface area (Å²) >= 11 is 0. The van der Waals surface area contributed by atoms with Crippen LogP contribution in [0.25, 0.3) is 0 Å². The van der Waals surface area contributed by atoms with Crippen molar-refractivity contribution in [2.24, 2.45) is 5.10 Å². The summed E-state index contributed by atoms with van der Waals surface area (Å²) in [4.78, 5) is 25.0. The molecule has 0 saturated carbocycles. The lowest BCUT2D eigenvalue weighted by atomic mass is 10.2. The van der Waals surface area contributed by atoms with E-state index < -0.39 is 5.91 Å². The molecule has 198 valence electrons. The fraction of sp³-hybridized carbons (Fsp3) is 0.129. The Balaban J connectivity index is 1.33. The van der Waals surface area contributed by atoms with E-state index in [1.165, 1.54) is 13.3 Å². The molecule has 8 nitrogen and oxygen atoms in total. The van der Waals surface area contributed by atoms with Gasteiger partial charge in [0.05, 0.1) is 13.3 Å². The van der Waals surface area contributed by atoms with Gasteiger partial charge in [0, 0.05) is 16.8 Å². The van der Waals surface area contributed by atoms with Crippen molar-refractivity contribution in [3.63, 3.8) is 0 Å². The highest BCUT2D eigenvalue weighted by Crippen LogP contribution is 2.29. The lowest BCUT2D eigenvalue weighted by Gasteiger charge is -2.12. The van der Waals surface area contributed by atoms with Gasteiger partial charge in [-0.15, -0.1) is 0 Å². The van der Waals surface area contributed by atoms with Crippen LogP contribution in [0, 0.1) is 6.92 Å². The molecule has 0 aliphatic heterocycles. The molecule has 2 N–H and O–H groups in total. The molecule has 4 rings (SSSR count). The molecule has 0 aliphatic carbocycles. The molecule has 0 radical (unpaired) electrons. The highest BCUT2D eigenvalue weighted by Gasteiger charge is 2.12. The Morgan fingerprint density at radius 2 is 1.62 bits per heavy atom. The molecule has 0 bridgehead atoms. The Morgan fingerprint density at radius 3 is 2.41 bits per heavy atom. The molecule has 0 atom stereocenters. The van der Waals surface area contributed by atoms with Crippen molar-refractivity contribution in [1.82, 2.24) is 5.43 Å². The number of nitrogens with zero attached hydrogens (tertiary/aromatic N) is 1. The van der Waals surface area contributed by atoms with E-state index in [1.807, 2.05) is 67.6 Å². The second-order valence-corrected chi connectivity index (χ2v) is 8.58. The molecule has 4 aromatic rings.